The quantitative estimate of drug-likeness (QED) is 0.499. The molecule has 1 unspecified atom stereocenters. The van der Waals surface area contributed by atoms with Gasteiger partial charge in [0.25, 0.3) is 0 Å². The standard InChI is InChI=1S/C19H29N/c1-5-8-16(6-2)19(10-7-9-15(3)4)17-11-13-18(20)14-12-17/h5-6,8,11-15,19H,7,9-10,20H2,1-4H3/b8-5-,16-6+. The van der Waals surface area contributed by atoms with Gasteiger partial charge < -0.3 is 5.73 Å². The molecule has 0 aliphatic carbocycles. The average Bonchev–Trinajstić information content (AvgIpc) is 2.42. The lowest BCUT2D eigenvalue weighted by Crippen LogP contribution is -2.03. The molecule has 0 amide bonds. The molecule has 1 aromatic carbocycles. The zero-order valence-electron chi connectivity index (χ0n) is 13.4. The van der Waals surface area contributed by atoms with E-state index in [1.165, 1.54) is 30.4 Å². The van der Waals surface area contributed by atoms with E-state index in [4.69, 9.17) is 5.73 Å². The van der Waals surface area contributed by atoms with Crippen LogP contribution in [0.2, 0.25) is 0 Å². The van der Waals surface area contributed by atoms with Gasteiger partial charge in [-0.25, -0.2) is 0 Å². The monoisotopic (exact) mass is 271 g/mol. The summed E-state index contributed by atoms with van der Waals surface area (Å²) in [7, 11) is 0. The van der Waals surface area contributed by atoms with E-state index in [0.717, 1.165) is 11.6 Å². The Morgan fingerprint density at radius 3 is 2.25 bits per heavy atom. The highest BCUT2D eigenvalue weighted by Crippen LogP contribution is 2.31. The van der Waals surface area contributed by atoms with Crippen LogP contribution in [0.1, 0.15) is 58.4 Å². The van der Waals surface area contributed by atoms with Gasteiger partial charge in [0, 0.05) is 11.6 Å². The molecule has 1 atom stereocenters. The molecule has 1 nitrogen and oxygen atoms in total. The molecule has 1 rings (SSSR count). The number of hydrogen-bond donors (Lipinski definition) is 1. The van der Waals surface area contributed by atoms with Gasteiger partial charge in [-0.2, -0.15) is 0 Å². The van der Waals surface area contributed by atoms with Crippen molar-refractivity contribution < 1.29 is 0 Å². The molecular weight excluding hydrogens is 242 g/mol. The molecule has 1 heteroatoms. The van der Waals surface area contributed by atoms with Gasteiger partial charge in [-0.3, -0.25) is 0 Å². The molecule has 0 radical (unpaired) electrons. The van der Waals surface area contributed by atoms with Crippen molar-refractivity contribution in [2.75, 3.05) is 5.73 Å². The predicted molar refractivity (Wildman–Crippen MR) is 90.9 cm³/mol. The van der Waals surface area contributed by atoms with Crippen LogP contribution in [-0.4, -0.2) is 0 Å². The van der Waals surface area contributed by atoms with Crippen LogP contribution in [-0.2, 0) is 0 Å². The van der Waals surface area contributed by atoms with Gasteiger partial charge in [-0.1, -0.05) is 57.0 Å². The highest BCUT2D eigenvalue weighted by molar-refractivity contribution is 5.43. The van der Waals surface area contributed by atoms with Crippen molar-refractivity contribution in [1.29, 1.82) is 0 Å². The van der Waals surface area contributed by atoms with Crippen molar-refractivity contribution in [3.63, 3.8) is 0 Å². The summed E-state index contributed by atoms with van der Waals surface area (Å²) >= 11 is 0. The lowest BCUT2D eigenvalue weighted by molar-refractivity contribution is 0.520. The van der Waals surface area contributed by atoms with Crippen LogP contribution in [0.3, 0.4) is 0 Å². The first-order chi connectivity index (χ1) is 9.58. The van der Waals surface area contributed by atoms with Crippen molar-refractivity contribution in [2.24, 2.45) is 5.92 Å². The Labute approximate surface area is 124 Å². The minimum absolute atomic E-state index is 0.482. The molecule has 0 saturated carbocycles. The third-order valence-electron chi connectivity index (χ3n) is 3.71. The third-order valence-corrected chi connectivity index (χ3v) is 3.71. The number of rotatable bonds is 7. The summed E-state index contributed by atoms with van der Waals surface area (Å²) in [5, 5.41) is 0. The molecule has 0 saturated heterocycles. The van der Waals surface area contributed by atoms with Crippen molar-refractivity contribution in [3.05, 3.63) is 53.6 Å². The largest absolute Gasteiger partial charge is 0.399 e. The minimum Gasteiger partial charge on any atom is -0.399 e. The number of nitrogen functional groups attached to an aromatic ring is 1. The zero-order chi connectivity index (χ0) is 15.0. The summed E-state index contributed by atoms with van der Waals surface area (Å²) in [4.78, 5) is 0. The fourth-order valence-corrected chi connectivity index (χ4v) is 2.59. The molecule has 0 heterocycles. The number of anilines is 1. The molecular formula is C19H29N. The van der Waals surface area contributed by atoms with Crippen molar-refractivity contribution in [2.45, 2.75) is 52.9 Å². The van der Waals surface area contributed by atoms with E-state index in [2.05, 4.69) is 58.1 Å². The lowest BCUT2D eigenvalue weighted by Gasteiger charge is -2.20. The fraction of sp³-hybridized carbons (Fsp3) is 0.474. The Hall–Kier alpha value is -1.50. The lowest BCUT2D eigenvalue weighted by atomic mass is 9.85. The van der Waals surface area contributed by atoms with Gasteiger partial charge in [0.2, 0.25) is 0 Å². The van der Waals surface area contributed by atoms with E-state index in [0.29, 0.717) is 5.92 Å². The summed E-state index contributed by atoms with van der Waals surface area (Å²) in [5.41, 5.74) is 9.41. The van der Waals surface area contributed by atoms with Crippen LogP contribution >= 0.6 is 0 Å². The van der Waals surface area contributed by atoms with E-state index in [1.807, 2.05) is 12.1 Å². The molecule has 0 spiro atoms. The summed E-state index contributed by atoms with van der Waals surface area (Å²) in [6.07, 6.45) is 10.3. The molecule has 1 aromatic rings. The summed E-state index contributed by atoms with van der Waals surface area (Å²) in [6, 6.07) is 8.35. The molecule has 2 N–H and O–H groups in total. The first-order valence-electron chi connectivity index (χ1n) is 7.72. The molecule has 0 aliphatic heterocycles. The molecule has 0 bridgehead atoms. The normalized spacial score (nSPS) is 14.2. The second-order valence-corrected chi connectivity index (χ2v) is 5.83. The second-order valence-electron chi connectivity index (χ2n) is 5.83. The Kier molecular flexibility index (Phi) is 7.14. The summed E-state index contributed by atoms with van der Waals surface area (Å²) in [5.74, 6) is 1.26. The maximum atomic E-state index is 5.81. The Morgan fingerprint density at radius 2 is 1.75 bits per heavy atom. The Bertz CT molecular complexity index is 437. The molecule has 0 fully saturated rings. The van der Waals surface area contributed by atoms with E-state index in [9.17, 15) is 0 Å². The average molecular weight is 271 g/mol. The summed E-state index contributed by atoms with van der Waals surface area (Å²) in [6.45, 7) is 8.79. The highest BCUT2D eigenvalue weighted by Gasteiger charge is 2.14. The number of hydrogen-bond acceptors (Lipinski definition) is 1. The Balaban J connectivity index is 2.91. The van der Waals surface area contributed by atoms with Gasteiger partial charge in [-0.15, -0.1) is 0 Å². The number of nitrogens with two attached hydrogens (primary N) is 1. The van der Waals surface area contributed by atoms with E-state index < -0.39 is 0 Å². The fourth-order valence-electron chi connectivity index (χ4n) is 2.59. The third kappa shape index (κ3) is 5.24. The maximum absolute atomic E-state index is 5.81. The van der Waals surface area contributed by atoms with Crippen LogP contribution in [0.15, 0.2) is 48.1 Å². The predicted octanol–water partition coefficient (Wildman–Crippen LogP) is 5.70. The van der Waals surface area contributed by atoms with Crippen molar-refractivity contribution >= 4 is 5.69 Å². The highest BCUT2D eigenvalue weighted by atomic mass is 14.5. The minimum atomic E-state index is 0.482. The zero-order valence-corrected chi connectivity index (χ0v) is 13.4. The van der Waals surface area contributed by atoms with Crippen LogP contribution in [0.25, 0.3) is 0 Å². The van der Waals surface area contributed by atoms with Gasteiger partial charge in [-0.05, 0) is 49.5 Å². The second kappa shape index (κ2) is 8.63. The maximum Gasteiger partial charge on any atom is 0.0314 e. The van der Waals surface area contributed by atoms with E-state index in [1.54, 1.807) is 0 Å². The van der Waals surface area contributed by atoms with Crippen LogP contribution in [0, 0.1) is 5.92 Å². The molecule has 0 aromatic heterocycles. The van der Waals surface area contributed by atoms with Crippen molar-refractivity contribution in [1.82, 2.24) is 0 Å². The van der Waals surface area contributed by atoms with Crippen LogP contribution in [0.4, 0.5) is 5.69 Å². The molecule has 0 aliphatic rings. The number of benzene rings is 1. The van der Waals surface area contributed by atoms with Gasteiger partial charge in [0.05, 0.1) is 0 Å². The molecule has 110 valence electrons. The Morgan fingerprint density at radius 1 is 1.10 bits per heavy atom. The SMILES string of the molecule is C/C=C\C(=C/C)C(CCCC(C)C)c1ccc(N)cc1. The first-order valence-corrected chi connectivity index (χ1v) is 7.72. The van der Waals surface area contributed by atoms with Gasteiger partial charge in [0.1, 0.15) is 0 Å². The van der Waals surface area contributed by atoms with E-state index >= 15 is 0 Å². The van der Waals surface area contributed by atoms with Gasteiger partial charge in [0.15, 0.2) is 0 Å². The number of allylic oxidation sites excluding steroid dienone is 4. The van der Waals surface area contributed by atoms with E-state index in [-0.39, 0.29) is 0 Å². The van der Waals surface area contributed by atoms with Crippen LogP contribution in [0.5, 0.6) is 0 Å². The summed E-state index contributed by atoms with van der Waals surface area (Å²) < 4.78 is 0. The smallest absolute Gasteiger partial charge is 0.0314 e. The first kappa shape index (κ1) is 16.6. The topological polar surface area (TPSA) is 26.0 Å². The van der Waals surface area contributed by atoms with Crippen LogP contribution < -0.4 is 5.73 Å². The van der Waals surface area contributed by atoms with Crippen molar-refractivity contribution in [3.8, 4) is 0 Å². The van der Waals surface area contributed by atoms with Gasteiger partial charge >= 0.3 is 0 Å². The molecule has 20 heavy (non-hydrogen) atoms.